The molecule has 108 valence electrons. The lowest BCUT2D eigenvalue weighted by Gasteiger charge is -2.33. The van der Waals surface area contributed by atoms with E-state index in [0.717, 1.165) is 12.8 Å². The van der Waals surface area contributed by atoms with E-state index in [-0.39, 0.29) is 19.1 Å². The van der Waals surface area contributed by atoms with Gasteiger partial charge >= 0.3 is 5.97 Å². The van der Waals surface area contributed by atoms with Crippen molar-refractivity contribution < 1.29 is 19.4 Å². The second kappa shape index (κ2) is 5.10. The molecule has 0 spiro atoms. The van der Waals surface area contributed by atoms with Crippen molar-refractivity contribution in [1.82, 2.24) is 9.47 Å². The van der Waals surface area contributed by atoms with Gasteiger partial charge in [0.15, 0.2) is 6.04 Å². The highest BCUT2D eigenvalue weighted by Gasteiger charge is 2.36. The summed E-state index contributed by atoms with van der Waals surface area (Å²) in [5, 5.41) is 9.69. The third kappa shape index (κ3) is 2.41. The zero-order valence-electron chi connectivity index (χ0n) is 10.8. The number of aromatic nitrogens is 1. The highest BCUT2D eigenvalue weighted by Crippen LogP contribution is 2.37. The Labute approximate surface area is 120 Å². The van der Waals surface area contributed by atoms with Gasteiger partial charge in [0.05, 0.1) is 18.2 Å². The molecule has 0 aromatic carbocycles. The highest BCUT2D eigenvalue weighted by molar-refractivity contribution is 6.31. The van der Waals surface area contributed by atoms with Gasteiger partial charge in [-0.25, -0.2) is 4.79 Å². The van der Waals surface area contributed by atoms with Gasteiger partial charge in [0, 0.05) is 18.8 Å². The quantitative estimate of drug-likeness (QED) is 0.915. The van der Waals surface area contributed by atoms with E-state index in [1.54, 1.807) is 12.3 Å². The molecule has 2 aliphatic rings. The van der Waals surface area contributed by atoms with Gasteiger partial charge < -0.3 is 19.3 Å². The molecule has 1 aliphatic carbocycles. The van der Waals surface area contributed by atoms with Crippen molar-refractivity contribution in [1.29, 1.82) is 0 Å². The Kier molecular flexibility index (Phi) is 3.43. The number of carboxylic acid groups (broad SMARTS) is 1. The van der Waals surface area contributed by atoms with Gasteiger partial charge in [-0.3, -0.25) is 4.79 Å². The zero-order valence-corrected chi connectivity index (χ0v) is 11.5. The maximum Gasteiger partial charge on any atom is 0.328 e. The summed E-state index contributed by atoms with van der Waals surface area (Å²) in [7, 11) is 0. The molecule has 0 bridgehead atoms. The van der Waals surface area contributed by atoms with Crippen LogP contribution in [0.25, 0.3) is 0 Å². The monoisotopic (exact) mass is 298 g/mol. The van der Waals surface area contributed by atoms with E-state index >= 15 is 0 Å². The molecule has 1 aromatic heterocycles. The molecule has 1 aliphatic heterocycles. The van der Waals surface area contributed by atoms with Crippen LogP contribution in [0, 0.1) is 0 Å². The van der Waals surface area contributed by atoms with Crippen LogP contribution in [0.1, 0.15) is 29.4 Å². The predicted octanol–water partition coefficient (Wildman–Crippen LogP) is 1.40. The Morgan fingerprint density at radius 3 is 2.80 bits per heavy atom. The van der Waals surface area contributed by atoms with E-state index in [4.69, 9.17) is 16.3 Å². The van der Waals surface area contributed by atoms with Gasteiger partial charge in [-0.05, 0) is 18.9 Å². The topological polar surface area (TPSA) is 71.8 Å². The van der Waals surface area contributed by atoms with E-state index in [0.29, 0.717) is 23.4 Å². The average Bonchev–Trinajstić information content (AvgIpc) is 3.21. The Bertz CT molecular complexity index is 553. The summed E-state index contributed by atoms with van der Waals surface area (Å²) in [4.78, 5) is 25.2. The summed E-state index contributed by atoms with van der Waals surface area (Å²) in [6, 6.07) is 0.986. The fourth-order valence-corrected chi connectivity index (χ4v) is 2.68. The largest absolute Gasteiger partial charge is 0.480 e. The molecule has 1 amide bonds. The second-order valence-electron chi connectivity index (χ2n) is 5.11. The number of aliphatic carboxylic acids is 1. The van der Waals surface area contributed by atoms with Crippen LogP contribution in [0.2, 0.25) is 5.02 Å². The van der Waals surface area contributed by atoms with Crippen molar-refractivity contribution in [2.45, 2.75) is 24.9 Å². The molecule has 1 saturated heterocycles. The molecule has 1 unspecified atom stereocenters. The molecular formula is C13H15ClN2O4. The van der Waals surface area contributed by atoms with Crippen LogP contribution < -0.4 is 0 Å². The maximum atomic E-state index is 12.6. The van der Waals surface area contributed by atoms with Crippen molar-refractivity contribution >= 4 is 23.5 Å². The van der Waals surface area contributed by atoms with E-state index < -0.39 is 12.0 Å². The molecule has 1 saturated carbocycles. The van der Waals surface area contributed by atoms with Crippen LogP contribution in [0.4, 0.5) is 0 Å². The van der Waals surface area contributed by atoms with Gasteiger partial charge in [0.2, 0.25) is 0 Å². The molecule has 20 heavy (non-hydrogen) atoms. The van der Waals surface area contributed by atoms with E-state index in [2.05, 4.69) is 0 Å². The molecule has 0 radical (unpaired) electrons. The third-order valence-electron chi connectivity index (χ3n) is 3.65. The van der Waals surface area contributed by atoms with Crippen molar-refractivity contribution in [2.75, 3.05) is 19.8 Å². The lowest BCUT2D eigenvalue weighted by molar-refractivity contribution is -0.147. The number of hydrogen-bond acceptors (Lipinski definition) is 3. The van der Waals surface area contributed by atoms with Crippen LogP contribution in [0.3, 0.4) is 0 Å². The summed E-state index contributed by atoms with van der Waals surface area (Å²) >= 11 is 5.99. The molecule has 1 N–H and O–H groups in total. The fraction of sp³-hybridized carbons (Fsp3) is 0.538. The number of nitrogens with zero attached hydrogens (tertiary/aromatic N) is 2. The molecule has 6 nitrogen and oxygen atoms in total. The summed E-state index contributed by atoms with van der Waals surface area (Å²) in [5.41, 5.74) is 0.464. The lowest BCUT2D eigenvalue weighted by Crippen LogP contribution is -2.52. The standard InChI is InChI=1S/C13H15ClN2O4/c14-8-5-10(16(6-8)9-1-2-9)12(17)15-3-4-20-7-11(15)13(18)19/h5-6,9,11H,1-4,7H2,(H,18,19). The number of carboxylic acids is 1. The van der Waals surface area contributed by atoms with Crippen molar-refractivity contribution in [3.05, 3.63) is 23.0 Å². The lowest BCUT2D eigenvalue weighted by atomic mass is 10.2. The minimum absolute atomic E-state index is 0.0267. The van der Waals surface area contributed by atoms with Crippen molar-refractivity contribution in [2.24, 2.45) is 0 Å². The molecule has 1 aromatic rings. The number of carbonyl (C=O) groups is 2. The Morgan fingerprint density at radius 2 is 2.15 bits per heavy atom. The second-order valence-corrected chi connectivity index (χ2v) is 5.55. The number of amides is 1. The molecular weight excluding hydrogens is 284 g/mol. The van der Waals surface area contributed by atoms with Crippen LogP contribution >= 0.6 is 11.6 Å². The minimum atomic E-state index is -1.05. The third-order valence-corrected chi connectivity index (χ3v) is 3.86. The summed E-state index contributed by atoms with van der Waals surface area (Å²) in [5.74, 6) is -1.34. The van der Waals surface area contributed by atoms with Gasteiger partial charge in [0.1, 0.15) is 5.69 Å². The van der Waals surface area contributed by atoms with E-state index in [9.17, 15) is 14.7 Å². The average molecular weight is 299 g/mol. The smallest absolute Gasteiger partial charge is 0.328 e. The van der Waals surface area contributed by atoms with Crippen LogP contribution in [-0.4, -0.2) is 52.3 Å². The van der Waals surface area contributed by atoms with Crippen molar-refractivity contribution in [3.8, 4) is 0 Å². The predicted molar refractivity (Wildman–Crippen MR) is 71.0 cm³/mol. The van der Waals surface area contributed by atoms with Crippen LogP contribution in [0.15, 0.2) is 12.3 Å². The first kappa shape index (κ1) is 13.5. The molecule has 1 atom stereocenters. The fourth-order valence-electron chi connectivity index (χ4n) is 2.47. The summed E-state index contributed by atoms with van der Waals surface area (Å²) in [6.07, 6.45) is 3.79. The van der Waals surface area contributed by atoms with Crippen molar-refractivity contribution in [3.63, 3.8) is 0 Å². The molecule has 7 heteroatoms. The van der Waals surface area contributed by atoms with Crippen LogP contribution in [-0.2, 0) is 9.53 Å². The number of rotatable bonds is 3. The minimum Gasteiger partial charge on any atom is -0.480 e. The molecule has 2 heterocycles. The van der Waals surface area contributed by atoms with Gasteiger partial charge in [-0.1, -0.05) is 11.6 Å². The number of ether oxygens (including phenoxy) is 1. The van der Waals surface area contributed by atoms with Gasteiger partial charge in [0.25, 0.3) is 5.91 Å². The molecule has 3 rings (SSSR count). The van der Waals surface area contributed by atoms with Gasteiger partial charge in [-0.2, -0.15) is 0 Å². The molecule has 2 fully saturated rings. The number of carbonyl (C=O) groups excluding carboxylic acids is 1. The Hall–Kier alpha value is -1.53. The normalized spacial score (nSPS) is 22.9. The zero-order chi connectivity index (χ0) is 14.3. The van der Waals surface area contributed by atoms with Gasteiger partial charge in [-0.15, -0.1) is 0 Å². The number of hydrogen-bond donors (Lipinski definition) is 1. The number of morpholine rings is 1. The Morgan fingerprint density at radius 1 is 1.40 bits per heavy atom. The summed E-state index contributed by atoms with van der Waals surface area (Å²) < 4.78 is 7.01. The highest BCUT2D eigenvalue weighted by atomic mass is 35.5. The maximum absolute atomic E-state index is 12.6. The SMILES string of the molecule is O=C(O)C1COCCN1C(=O)c1cc(Cl)cn1C1CC1. The van der Waals surface area contributed by atoms with E-state index in [1.165, 1.54) is 4.90 Å². The van der Waals surface area contributed by atoms with E-state index in [1.807, 2.05) is 4.57 Å². The first-order chi connectivity index (χ1) is 9.58. The van der Waals surface area contributed by atoms with Crippen LogP contribution in [0.5, 0.6) is 0 Å². The Balaban J connectivity index is 1.89. The first-order valence-corrected chi connectivity index (χ1v) is 6.94. The number of halogens is 1. The summed E-state index contributed by atoms with van der Waals surface area (Å²) in [6.45, 7) is 0.662. The first-order valence-electron chi connectivity index (χ1n) is 6.57.